The van der Waals surface area contributed by atoms with Crippen molar-refractivity contribution in [2.45, 2.75) is 32.4 Å². The minimum absolute atomic E-state index is 0.122. The van der Waals surface area contributed by atoms with Crippen molar-refractivity contribution >= 4 is 5.91 Å². The average molecular weight is 317 g/mol. The molecule has 0 aromatic carbocycles. The number of nitrogens with zero attached hydrogens (tertiary/aromatic N) is 4. The lowest BCUT2D eigenvalue weighted by Crippen LogP contribution is -2.37. The van der Waals surface area contributed by atoms with Crippen LogP contribution in [0, 0.1) is 5.92 Å². The van der Waals surface area contributed by atoms with Crippen molar-refractivity contribution in [3.05, 3.63) is 36.4 Å². The van der Waals surface area contributed by atoms with Crippen molar-refractivity contribution in [3.63, 3.8) is 0 Å². The second kappa shape index (κ2) is 6.95. The summed E-state index contributed by atoms with van der Waals surface area (Å²) in [6.07, 6.45) is 8.94. The molecule has 0 spiro atoms. The lowest BCUT2D eigenvalue weighted by atomic mass is 9.91. The number of carbonyl (C=O) groups excluding carboxylic acids is 1. The number of ether oxygens (including phenoxy) is 1. The van der Waals surface area contributed by atoms with E-state index in [0.29, 0.717) is 11.6 Å². The second-order valence-electron chi connectivity index (χ2n) is 5.90. The van der Waals surface area contributed by atoms with Gasteiger partial charge in [0.05, 0.1) is 12.4 Å². The molecule has 1 aliphatic rings. The molecule has 0 bridgehead atoms. The first-order chi connectivity index (χ1) is 11.2. The van der Waals surface area contributed by atoms with Gasteiger partial charge >= 0.3 is 0 Å². The molecule has 1 N–H and O–H groups in total. The van der Waals surface area contributed by atoms with Gasteiger partial charge in [-0.25, -0.2) is 9.97 Å². The van der Waals surface area contributed by atoms with E-state index in [0.717, 1.165) is 38.4 Å². The van der Waals surface area contributed by atoms with Crippen LogP contribution in [0.25, 0.3) is 0 Å². The highest BCUT2D eigenvalue weighted by atomic mass is 16.5. The van der Waals surface area contributed by atoms with Crippen LogP contribution in [-0.2, 0) is 18.3 Å². The van der Waals surface area contributed by atoms with Crippen LogP contribution in [0.2, 0.25) is 0 Å². The summed E-state index contributed by atoms with van der Waals surface area (Å²) in [5.41, 5.74) is 0.430. The van der Waals surface area contributed by atoms with Crippen molar-refractivity contribution in [1.29, 1.82) is 0 Å². The number of aryl methyl sites for hydroxylation is 2. The van der Waals surface area contributed by atoms with Crippen molar-refractivity contribution in [1.82, 2.24) is 24.4 Å². The fourth-order valence-corrected chi connectivity index (χ4v) is 3.05. The van der Waals surface area contributed by atoms with E-state index in [4.69, 9.17) is 4.74 Å². The predicted molar refractivity (Wildman–Crippen MR) is 84.9 cm³/mol. The van der Waals surface area contributed by atoms with Crippen LogP contribution in [0.4, 0.5) is 0 Å². The third-order valence-corrected chi connectivity index (χ3v) is 4.33. The first-order valence-electron chi connectivity index (χ1n) is 8.06. The van der Waals surface area contributed by atoms with Crippen molar-refractivity contribution in [3.8, 4) is 0 Å². The Kier molecular flexibility index (Phi) is 4.76. The normalized spacial score (nSPS) is 17.1. The van der Waals surface area contributed by atoms with Crippen LogP contribution in [0.1, 0.15) is 42.1 Å². The van der Waals surface area contributed by atoms with E-state index in [1.165, 1.54) is 0 Å². The quantitative estimate of drug-likeness (QED) is 0.907. The number of carbonyl (C=O) groups is 1. The molecular weight excluding hydrogens is 294 g/mol. The molecule has 1 atom stereocenters. The summed E-state index contributed by atoms with van der Waals surface area (Å²) >= 11 is 0. The van der Waals surface area contributed by atoms with Crippen molar-refractivity contribution in [2.75, 3.05) is 13.2 Å². The number of hydrogen-bond donors (Lipinski definition) is 1. The number of aromatic nitrogens is 4. The molecule has 23 heavy (non-hydrogen) atoms. The van der Waals surface area contributed by atoms with E-state index in [-0.39, 0.29) is 11.9 Å². The molecule has 0 unspecified atom stereocenters. The highest BCUT2D eigenvalue weighted by molar-refractivity contribution is 5.92. The molecule has 7 nitrogen and oxygen atoms in total. The maximum Gasteiger partial charge on any atom is 0.272 e. The molecule has 3 heterocycles. The summed E-state index contributed by atoms with van der Waals surface area (Å²) in [5.74, 6) is 1.07. The average Bonchev–Trinajstić information content (AvgIpc) is 3.21. The minimum atomic E-state index is -0.159. The Balaban J connectivity index is 1.84. The van der Waals surface area contributed by atoms with Crippen LogP contribution in [0.3, 0.4) is 0 Å². The van der Waals surface area contributed by atoms with Gasteiger partial charge in [0.1, 0.15) is 11.5 Å². The summed E-state index contributed by atoms with van der Waals surface area (Å²) < 4.78 is 9.31. The highest BCUT2D eigenvalue weighted by Crippen LogP contribution is 2.29. The molecule has 7 heteroatoms. The molecule has 0 aliphatic carbocycles. The Morgan fingerprint density at radius 2 is 2.22 bits per heavy atom. The monoisotopic (exact) mass is 317 g/mol. The van der Waals surface area contributed by atoms with E-state index in [2.05, 4.69) is 26.8 Å². The van der Waals surface area contributed by atoms with E-state index >= 15 is 0 Å². The van der Waals surface area contributed by atoms with Gasteiger partial charge in [-0.1, -0.05) is 0 Å². The zero-order valence-corrected chi connectivity index (χ0v) is 13.6. The fourth-order valence-electron chi connectivity index (χ4n) is 3.05. The summed E-state index contributed by atoms with van der Waals surface area (Å²) in [4.78, 5) is 21.2. The lowest BCUT2D eigenvalue weighted by Gasteiger charge is -2.30. The Hall–Kier alpha value is -2.15. The predicted octanol–water partition coefficient (Wildman–Crippen LogP) is 1.53. The van der Waals surface area contributed by atoms with E-state index < -0.39 is 0 Å². The van der Waals surface area contributed by atoms with Crippen LogP contribution in [-0.4, -0.2) is 38.2 Å². The lowest BCUT2D eigenvalue weighted by molar-refractivity contribution is 0.0497. The van der Waals surface area contributed by atoms with Gasteiger partial charge in [0, 0.05) is 45.4 Å². The van der Waals surface area contributed by atoms with Crippen LogP contribution < -0.4 is 5.32 Å². The summed E-state index contributed by atoms with van der Waals surface area (Å²) in [5, 5.41) is 3.14. The number of amides is 1. The van der Waals surface area contributed by atoms with Gasteiger partial charge in [-0.05, 0) is 25.7 Å². The smallest absolute Gasteiger partial charge is 0.272 e. The van der Waals surface area contributed by atoms with Gasteiger partial charge in [-0.2, -0.15) is 0 Å². The fraction of sp³-hybridized carbons (Fsp3) is 0.562. The second-order valence-corrected chi connectivity index (χ2v) is 5.90. The number of hydrogen-bond acceptors (Lipinski definition) is 4. The third kappa shape index (κ3) is 3.44. The van der Waals surface area contributed by atoms with Crippen molar-refractivity contribution in [2.24, 2.45) is 13.0 Å². The standard InChI is InChI=1S/C16H23N5O2/c1-3-21-7-6-17-15(21)14(12-4-8-23-9-5-12)19-16(22)13-10-20(2)11-18-13/h6-7,10-12,14H,3-5,8-9H2,1-2H3,(H,19,22)/t14-/m0/s1. The Morgan fingerprint density at radius 3 is 2.87 bits per heavy atom. The van der Waals surface area contributed by atoms with Gasteiger partial charge in [-0.3, -0.25) is 4.79 Å². The molecule has 124 valence electrons. The third-order valence-electron chi connectivity index (χ3n) is 4.33. The van der Waals surface area contributed by atoms with Gasteiger partial charge < -0.3 is 19.2 Å². The zero-order valence-electron chi connectivity index (χ0n) is 13.6. The molecule has 1 fully saturated rings. The molecule has 1 aliphatic heterocycles. The number of nitrogens with one attached hydrogen (secondary N) is 1. The maximum atomic E-state index is 12.6. The first-order valence-corrected chi connectivity index (χ1v) is 8.06. The molecular formula is C16H23N5O2. The number of imidazole rings is 2. The van der Waals surface area contributed by atoms with Gasteiger partial charge in [0.25, 0.3) is 5.91 Å². The largest absolute Gasteiger partial charge is 0.381 e. The Morgan fingerprint density at radius 1 is 1.43 bits per heavy atom. The molecule has 2 aromatic rings. The topological polar surface area (TPSA) is 74.0 Å². The molecule has 1 amide bonds. The van der Waals surface area contributed by atoms with Crippen LogP contribution >= 0.6 is 0 Å². The highest BCUT2D eigenvalue weighted by Gasteiger charge is 2.30. The van der Waals surface area contributed by atoms with Gasteiger partial charge in [-0.15, -0.1) is 0 Å². The SMILES string of the molecule is CCn1ccnc1[C@@H](NC(=O)c1cn(C)cn1)C1CCOCC1. The molecule has 3 rings (SSSR count). The Labute approximate surface area is 135 Å². The van der Waals surface area contributed by atoms with E-state index in [9.17, 15) is 4.79 Å². The zero-order chi connectivity index (χ0) is 16.2. The summed E-state index contributed by atoms with van der Waals surface area (Å²) in [7, 11) is 1.85. The summed E-state index contributed by atoms with van der Waals surface area (Å²) in [6, 6.07) is -0.122. The maximum absolute atomic E-state index is 12.6. The van der Waals surface area contributed by atoms with Gasteiger partial charge in [0.2, 0.25) is 0 Å². The van der Waals surface area contributed by atoms with Crippen LogP contribution in [0.15, 0.2) is 24.9 Å². The van der Waals surface area contributed by atoms with Gasteiger partial charge in [0.15, 0.2) is 0 Å². The Bertz CT molecular complexity index is 657. The molecule has 0 saturated carbocycles. The molecule has 2 aromatic heterocycles. The number of rotatable bonds is 5. The minimum Gasteiger partial charge on any atom is -0.381 e. The first kappa shape index (κ1) is 15.7. The van der Waals surface area contributed by atoms with Crippen molar-refractivity contribution < 1.29 is 9.53 Å². The van der Waals surface area contributed by atoms with Crippen LogP contribution in [0.5, 0.6) is 0 Å². The van der Waals surface area contributed by atoms with E-state index in [1.54, 1.807) is 23.3 Å². The molecule has 1 saturated heterocycles. The summed E-state index contributed by atoms with van der Waals surface area (Å²) in [6.45, 7) is 4.36. The molecule has 0 radical (unpaired) electrons. The van der Waals surface area contributed by atoms with E-state index in [1.807, 2.05) is 13.2 Å².